The molecule has 1 amide bonds. The van der Waals surface area contributed by atoms with Crippen molar-refractivity contribution in [3.63, 3.8) is 0 Å². The van der Waals surface area contributed by atoms with Gasteiger partial charge < -0.3 is 15.0 Å². The Labute approximate surface area is 188 Å². The van der Waals surface area contributed by atoms with E-state index in [2.05, 4.69) is 49.2 Å². The number of rotatable bonds is 5. The van der Waals surface area contributed by atoms with E-state index in [9.17, 15) is 4.79 Å². The van der Waals surface area contributed by atoms with E-state index < -0.39 is 0 Å². The molecule has 0 spiro atoms. The van der Waals surface area contributed by atoms with E-state index in [-0.39, 0.29) is 11.4 Å². The maximum atomic E-state index is 12.2. The number of carbonyl (C=O) groups is 1. The van der Waals surface area contributed by atoms with Gasteiger partial charge in [-0.3, -0.25) is 4.79 Å². The Bertz CT molecular complexity index is 823. The lowest BCUT2D eigenvalue weighted by atomic mass is 9.53. The minimum Gasteiger partial charge on any atom is -0.494 e. The molecule has 1 aromatic carbocycles. The summed E-state index contributed by atoms with van der Waals surface area (Å²) < 4.78 is 6.16. The number of carbonyl (C=O) groups excluding carboxylic acids is 1. The molecule has 2 saturated heterocycles. The largest absolute Gasteiger partial charge is 0.494 e. The fourth-order valence-corrected chi connectivity index (χ4v) is 7.67. The highest BCUT2D eigenvalue weighted by Gasteiger charge is 2.53. The Balaban J connectivity index is 1.23. The topological polar surface area (TPSA) is 41.6 Å². The molecule has 2 heterocycles. The molecule has 1 N–H and O–H groups in total. The first-order chi connectivity index (χ1) is 14.9. The molecule has 1 aromatic rings. The third-order valence-corrected chi connectivity index (χ3v) is 9.04. The van der Waals surface area contributed by atoms with E-state index in [0.29, 0.717) is 30.1 Å². The van der Waals surface area contributed by atoms with Crippen LogP contribution >= 0.6 is 0 Å². The number of ether oxygens (including phenoxy) is 1. The molecule has 1 saturated carbocycles. The standard InChI is InChI=1S/C27H40N2O2/c1-18-16-25(30)28-27(3)12-11-23-22-10-8-21(17-20(22)7-9-24(23)26(18)27)31-15-5-14-29-13-4-6-19(29)2/h8,10,17-19,23-24,26H,4-7,9,11-16H2,1-3H3,(H,28,30)/t18-,19-,23-,24-,26+,27+/m1/s1. The second-order valence-corrected chi connectivity index (χ2v) is 11.1. The number of likely N-dealkylation sites (tertiary alicyclic amines) is 1. The van der Waals surface area contributed by atoms with Gasteiger partial charge in [0.05, 0.1) is 6.61 Å². The van der Waals surface area contributed by atoms with Gasteiger partial charge >= 0.3 is 0 Å². The second kappa shape index (κ2) is 8.42. The fourth-order valence-electron chi connectivity index (χ4n) is 7.67. The summed E-state index contributed by atoms with van der Waals surface area (Å²) in [4.78, 5) is 14.8. The first-order valence-electron chi connectivity index (χ1n) is 12.8. The van der Waals surface area contributed by atoms with Crippen LogP contribution in [0.2, 0.25) is 0 Å². The molecule has 3 fully saturated rings. The van der Waals surface area contributed by atoms with Crippen LogP contribution in [0.15, 0.2) is 18.2 Å². The zero-order chi connectivity index (χ0) is 21.6. The van der Waals surface area contributed by atoms with Crippen LogP contribution in [0.3, 0.4) is 0 Å². The Kier molecular flexibility index (Phi) is 5.79. The van der Waals surface area contributed by atoms with Crippen molar-refractivity contribution in [1.29, 1.82) is 0 Å². The smallest absolute Gasteiger partial charge is 0.220 e. The maximum Gasteiger partial charge on any atom is 0.220 e. The lowest BCUT2D eigenvalue weighted by Gasteiger charge is -2.56. The molecule has 4 nitrogen and oxygen atoms in total. The predicted octanol–water partition coefficient (Wildman–Crippen LogP) is 4.91. The van der Waals surface area contributed by atoms with Gasteiger partial charge in [0, 0.05) is 24.5 Å². The highest BCUT2D eigenvalue weighted by Crippen LogP contribution is 2.55. The fraction of sp³-hybridized carbons (Fsp3) is 0.741. The molecule has 0 bridgehead atoms. The Hall–Kier alpha value is -1.55. The van der Waals surface area contributed by atoms with Crippen LogP contribution in [0.4, 0.5) is 0 Å². The molecule has 170 valence electrons. The Morgan fingerprint density at radius 3 is 2.90 bits per heavy atom. The van der Waals surface area contributed by atoms with E-state index in [4.69, 9.17) is 4.74 Å². The van der Waals surface area contributed by atoms with Crippen LogP contribution in [0.1, 0.15) is 82.8 Å². The monoisotopic (exact) mass is 424 g/mol. The molecule has 2 aliphatic carbocycles. The summed E-state index contributed by atoms with van der Waals surface area (Å²) in [7, 11) is 0. The molecular weight excluding hydrogens is 384 g/mol. The van der Waals surface area contributed by atoms with Crippen molar-refractivity contribution in [3.8, 4) is 5.75 Å². The van der Waals surface area contributed by atoms with Gasteiger partial charge in [0.1, 0.15) is 5.75 Å². The average molecular weight is 425 g/mol. The number of benzene rings is 1. The highest BCUT2D eigenvalue weighted by atomic mass is 16.5. The molecule has 2 aliphatic heterocycles. The molecule has 0 unspecified atom stereocenters. The second-order valence-electron chi connectivity index (χ2n) is 11.1. The number of hydrogen-bond donors (Lipinski definition) is 1. The van der Waals surface area contributed by atoms with E-state index in [0.717, 1.165) is 44.2 Å². The van der Waals surface area contributed by atoms with Gasteiger partial charge in [0.15, 0.2) is 0 Å². The van der Waals surface area contributed by atoms with Crippen LogP contribution in [0.5, 0.6) is 5.75 Å². The number of amides is 1. The van der Waals surface area contributed by atoms with E-state index in [1.165, 1.54) is 37.8 Å². The van der Waals surface area contributed by atoms with Crippen LogP contribution in [-0.4, -0.2) is 42.1 Å². The SMILES string of the molecule is C[C@@H]1CC(=O)N[C@@]2(C)CC[C@@H]3c4ccc(OCCCN5CCC[C@H]5C)cc4CC[C@H]3[C@H]12. The average Bonchev–Trinajstić information content (AvgIpc) is 3.14. The molecule has 6 atom stereocenters. The molecule has 0 radical (unpaired) electrons. The van der Waals surface area contributed by atoms with E-state index in [1.54, 1.807) is 5.56 Å². The third kappa shape index (κ3) is 4.01. The number of fused-ring (bicyclic) bond motifs is 5. The molecule has 31 heavy (non-hydrogen) atoms. The van der Waals surface area contributed by atoms with Crippen molar-refractivity contribution >= 4 is 5.91 Å². The summed E-state index contributed by atoms with van der Waals surface area (Å²) >= 11 is 0. The molecule has 4 heteroatoms. The molecule has 0 aromatic heterocycles. The Morgan fingerprint density at radius 2 is 2.10 bits per heavy atom. The lowest BCUT2D eigenvalue weighted by Crippen LogP contribution is -2.63. The highest BCUT2D eigenvalue weighted by molar-refractivity contribution is 5.78. The quantitative estimate of drug-likeness (QED) is 0.683. The minimum absolute atomic E-state index is 0.0106. The summed E-state index contributed by atoms with van der Waals surface area (Å²) in [6, 6.07) is 7.64. The van der Waals surface area contributed by atoms with Crippen molar-refractivity contribution in [2.75, 3.05) is 19.7 Å². The molecule has 4 aliphatic rings. The van der Waals surface area contributed by atoms with Gasteiger partial charge in [-0.25, -0.2) is 0 Å². The van der Waals surface area contributed by atoms with Crippen molar-refractivity contribution < 1.29 is 9.53 Å². The third-order valence-electron chi connectivity index (χ3n) is 9.04. The summed E-state index contributed by atoms with van der Waals surface area (Å²) in [6.45, 7) is 10.2. The van der Waals surface area contributed by atoms with Gasteiger partial charge in [0.25, 0.3) is 0 Å². The summed E-state index contributed by atoms with van der Waals surface area (Å²) in [5, 5.41) is 3.38. The molecule has 5 rings (SSSR count). The number of piperidine rings is 1. The first-order valence-corrected chi connectivity index (χ1v) is 12.8. The van der Waals surface area contributed by atoms with Gasteiger partial charge in [-0.2, -0.15) is 0 Å². The van der Waals surface area contributed by atoms with Gasteiger partial charge in [-0.05, 0) is 112 Å². The van der Waals surface area contributed by atoms with Crippen molar-refractivity contribution in [2.24, 2.45) is 17.8 Å². The number of aryl methyl sites for hydroxylation is 1. The van der Waals surface area contributed by atoms with Crippen molar-refractivity contribution in [1.82, 2.24) is 10.2 Å². The first kappa shape index (κ1) is 21.3. The van der Waals surface area contributed by atoms with Crippen LogP contribution in [0, 0.1) is 17.8 Å². The number of nitrogens with zero attached hydrogens (tertiary/aromatic N) is 1. The maximum absolute atomic E-state index is 12.2. The number of nitrogens with one attached hydrogen (secondary N) is 1. The van der Waals surface area contributed by atoms with Crippen LogP contribution < -0.4 is 10.1 Å². The van der Waals surface area contributed by atoms with Crippen LogP contribution in [0.25, 0.3) is 0 Å². The number of hydrogen-bond acceptors (Lipinski definition) is 3. The summed E-state index contributed by atoms with van der Waals surface area (Å²) in [5.41, 5.74) is 3.05. The summed E-state index contributed by atoms with van der Waals surface area (Å²) in [6.07, 6.45) is 9.17. The van der Waals surface area contributed by atoms with Gasteiger partial charge in [-0.1, -0.05) is 13.0 Å². The lowest BCUT2D eigenvalue weighted by molar-refractivity contribution is -0.132. The zero-order valence-corrected chi connectivity index (χ0v) is 19.7. The van der Waals surface area contributed by atoms with Crippen molar-refractivity contribution in [2.45, 2.75) is 89.6 Å². The van der Waals surface area contributed by atoms with Crippen molar-refractivity contribution in [3.05, 3.63) is 29.3 Å². The minimum atomic E-state index is -0.0106. The van der Waals surface area contributed by atoms with Crippen LogP contribution in [-0.2, 0) is 11.2 Å². The van der Waals surface area contributed by atoms with Gasteiger partial charge in [0.2, 0.25) is 5.91 Å². The normalized spacial score (nSPS) is 37.5. The van der Waals surface area contributed by atoms with E-state index >= 15 is 0 Å². The molecular formula is C27H40N2O2. The Morgan fingerprint density at radius 1 is 1.23 bits per heavy atom. The summed E-state index contributed by atoms with van der Waals surface area (Å²) in [5.74, 6) is 3.71. The predicted molar refractivity (Wildman–Crippen MR) is 124 cm³/mol. The zero-order valence-electron chi connectivity index (χ0n) is 19.7. The van der Waals surface area contributed by atoms with Gasteiger partial charge in [-0.15, -0.1) is 0 Å². The van der Waals surface area contributed by atoms with E-state index in [1.807, 2.05) is 0 Å².